The Morgan fingerprint density at radius 1 is 0.339 bits per heavy atom. The lowest BCUT2D eigenvalue weighted by Crippen LogP contribution is -2.30. The lowest BCUT2D eigenvalue weighted by molar-refractivity contribution is -0.167. The largest absolute Gasteiger partial charge is 0.462 e. The third-order valence-corrected chi connectivity index (χ3v) is 11.3. The van der Waals surface area contributed by atoms with Crippen LogP contribution in [0.25, 0.3) is 0 Å². The minimum absolute atomic E-state index is 0.0631. The van der Waals surface area contributed by atoms with Crippen LogP contribution < -0.4 is 0 Å². The molecule has 0 aliphatic rings. The first-order chi connectivity index (χ1) is 27.4. The van der Waals surface area contributed by atoms with E-state index < -0.39 is 6.10 Å². The molecule has 0 amide bonds. The second-order valence-electron chi connectivity index (χ2n) is 17.6. The molecule has 56 heavy (non-hydrogen) atoms. The van der Waals surface area contributed by atoms with E-state index in [0.29, 0.717) is 19.3 Å². The van der Waals surface area contributed by atoms with Crippen molar-refractivity contribution in [2.45, 2.75) is 284 Å². The fourth-order valence-corrected chi connectivity index (χ4v) is 7.51. The van der Waals surface area contributed by atoms with Gasteiger partial charge >= 0.3 is 17.9 Å². The van der Waals surface area contributed by atoms with Crippen molar-refractivity contribution in [3.63, 3.8) is 0 Å². The van der Waals surface area contributed by atoms with E-state index in [2.05, 4.69) is 27.7 Å². The number of unbranched alkanes of at least 4 members (excludes halogenated alkanes) is 32. The number of hydrogen-bond donors (Lipinski definition) is 0. The number of rotatable bonds is 45. The van der Waals surface area contributed by atoms with Crippen LogP contribution in [0.2, 0.25) is 0 Å². The first kappa shape index (κ1) is 54.4. The van der Waals surface area contributed by atoms with Crippen LogP contribution in [0.1, 0.15) is 278 Å². The molecule has 0 unspecified atom stereocenters. The van der Waals surface area contributed by atoms with Gasteiger partial charge in [-0.1, -0.05) is 240 Å². The molecule has 0 fully saturated rings. The Morgan fingerprint density at radius 3 is 0.875 bits per heavy atom. The van der Waals surface area contributed by atoms with Crippen molar-refractivity contribution >= 4 is 17.9 Å². The number of hydrogen-bond acceptors (Lipinski definition) is 6. The Morgan fingerprint density at radius 2 is 0.589 bits per heavy atom. The number of ether oxygens (including phenoxy) is 3. The first-order valence-electron chi connectivity index (χ1n) is 24.9. The molecule has 0 radical (unpaired) electrons. The fraction of sp³-hybridized carbons (Fsp3) is 0.940. The van der Waals surface area contributed by atoms with Crippen molar-refractivity contribution < 1.29 is 28.6 Å². The van der Waals surface area contributed by atoms with Crippen LogP contribution in [0.3, 0.4) is 0 Å². The van der Waals surface area contributed by atoms with Gasteiger partial charge in [-0.05, 0) is 25.2 Å². The maximum absolute atomic E-state index is 12.7. The van der Waals surface area contributed by atoms with Crippen LogP contribution in [0.5, 0.6) is 0 Å². The predicted octanol–water partition coefficient (Wildman–Crippen LogP) is 15.9. The topological polar surface area (TPSA) is 78.9 Å². The smallest absolute Gasteiger partial charge is 0.306 e. The second kappa shape index (κ2) is 44.5. The van der Waals surface area contributed by atoms with Crippen LogP contribution in [0.15, 0.2) is 0 Å². The maximum atomic E-state index is 12.7. The van der Waals surface area contributed by atoms with E-state index in [1.807, 2.05) is 0 Å². The monoisotopic (exact) mass is 793 g/mol. The molecule has 1 atom stereocenters. The van der Waals surface area contributed by atoms with Gasteiger partial charge in [-0.3, -0.25) is 14.4 Å². The Kier molecular flexibility index (Phi) is 43.2. The van der Waals surface area contributed by atoms with Gasteiger partial charge in [0.15, 0.2) is 6.10 Å². The summed E-state index contributed by atoms with van der Waals surface area (Å²) in [5, 5.41) is 0. The maximum Gasteiger partial charge on any atom is 0.306 e. The third-order valence-electron chi connectivity index (χ3n) is 11.3. The van der Waals surface area contributed by atoms with E-state index in [4.69, 9.17) is 14.2 Å². The summed E-state index contributed by atoms with van der Waals surface area (Å²) in [6.45, 7) is 8.99. The summed E-state index contributed by atoms with van der Waals surface area (Å²) >= 11 is 0. The third kappa shape index (κ3) is 43.5. The van der Waals surface area contributed by atoms with E-state index in [9.17, 15) is 14.4 Å². The van der Waals surface area contributed by atoms with Crippen molar-refractivity contribution in [2.24, 2.45) is 5.92 Å². The number of esters is 3. The van der Waals surface area contributed by atoms with E-state index in [-0.39, 0.29) is 31.1 Å². The molecule has 332 valence electrons. The lowest BCUT2D eigenvalue weighted by atomic mass is 10.0. The molecule has 0 heterocycles. The zero-order valence-electron chi connectivity index (χ0n) is 38.1. The van der Waals surface area contributed by atoms with Gasteiger partial charge in [-0.2, -0.15) is 0 Å². The predicted molar refractivity (Wildman–Crippen MR) is 238 cm³/mol. The average molecular weight is 793 g/mol. The molecule has 0 saturated carbocycles. The van der Waals surface area contributed by atoms with Crippen molar-refractivity contribution in [3.05, 3.63) is 0 Å². The molecule has 0 aliphatic carbocycles. The highest BCUT2D eigenvalue weighted by Crippen LogP contribution is 2.17. The Labute approximate surface area is 348 Å². The van der Waals surface area contributed by atoms with Gasteiger partial charge in [0.25, 0.3) is 0 Å². The zero-order valence-corrected chi connectivity index (χ0v) is 38.1. The average Bonchev–Trinajstić information content (AvgIpc) is 3.18. The van der Waals surface area contributed by atoms with Crippen LogP contribution in [-0.4, -0.2) is 37.2 Å². The second-order valence-corrected chi connectivity index (χ2v) is 17.6. The van der Waals surface area contributed by atoms with Crippen LogP contribution in [-0.2, 0) is 28.6 Å². The molecule has 0 bridgehead atoms. The van der Waals surface area contributed by atoms with Crippen LogP contribution in [0, 0.1) is 5.92 Å². The zero-order chi connectivity index (χ0) is 41.0. The van der Waals surface area contributed by atoms with Gasteiger partial charge in [0.2, 0.25) is 0 Å². The lowest BCUT2D eigenvalue weighted by Gasteiger charge is -2.18. The Hall–Kier alpha value is -1.59. The standard InChI is InChI=1S/C50H96O6/c1-5-7-9-11-13-15-17-19-20-22-25-29-33-37-41-48(51)54-44-47(56-50(53)43-39-35-31-26-21-18-16-14-12-10-8-6-2)45-55-49(52)42-38-34-30-27-23-24-28-32-36-40-46(3)4/h46-47H,5-45H2,1-4H3/t47-/m1/s1. The van der Waals surface area contributed by atoms with Gasteiger partial charge in [-0.25, -0.2) is 0 Å². The molecule has 6 nitrogen and oxygen atoms in total. The van der Waals surface area contributed by atoms with Gasteiger partial charge < -0.3 is 14.2 Å². The van der Waals surface area contributed by atoms with Crippen molar-refractivity contribution in [2.75, 3.05) is 13.2 Å². The Bertz CT molecular complexity index is 841. The highest BCUT2D eigenvalue weighted by atomic mass is 16.6. The van der Waals surface area contributed by atoms with Gasteiger partial charge in [-0.15, -0.1) is 0 Å². The minimum atomic E-state index is -0.760. The van der Waals surface area contributed by atoms with Crippen molar-refractivity contribution in [1.82, 2.24) is 0 Å². The summed E-state index contributed by atoms with van der Waals surface area (Å²) in [6, 6.07) is 0. The quantitative estimate of drug-likeness (QED) is 0.0347. The molecule has 0 N–H and O–H groups in total. The van der Waals surface area contributed by atoms with Crippen LogP contribution in [0.4, 0.5) is 0 Å². The molecule has 0 aromatic rings. The molecule has 0 aromatic carbocycles. The van der Waals surface area contributed by atoms with Crippen molar-refractivity contribution in [3.8, 4) is 0 Å². The SMILES string of the molecule is CCCCCCCCCCCCCCCCC(=O)OC[C@H](COC(=O)CCCCCCCCCCCC(C)C)OC(=O)CCCCCCCCCCCCCC. The van der Waals surface area contributed by atoms with Crippen molar-refractivity contribution in [1.29, 1.82) is 0 Å². The van der Waals surface area contributed by atoms with E-state index in [0.717, 1.165) is 63.7 Å². The molecule has 0 aliphatic heterocycles. The molecule has 0 rings (SSSR count). The fourth-order valence-electron chi connectivity index (χ4n) is 7.51. The van der Waals surface area contributed by atoms with E-state index in [1.165, 1.54) is 173 Å². The highest BCUT2D eigenvalue weighted by Gasteiger charge is 2.19. The van der Waals surface area contributed by atoms with E-state index in [1.54, 1.807) is 0 Å². The minimum Gasteiger partial charge on any atom is -0.462 e. The summed E-state index contributed by atoms with van der Waals surface area (Å²) in [5.41, 5.74) is 0. The summed E-state index contributed by atoms with van der Waals surface area (Å²) in [5.74, 6) is -0.0395. The molecule has 6 heteroatoms. The first-order valence-corrected chi connectivity index (χ1v) is 24.9. The van der Waals surface area contributed by atoms with Crippen LogP contribution >= 0.6 is 0 Å². The molecule has 0 spiro atoms. The summed E-state index contributed by atoms with van der Waals surface area (Å²) in [4.78, 5) is 37.8. The molecular weight excluding hydrogens is 697 g/mol. The number of carbonyl (C=O) groups excluding carboxylic acids is 3. The van der Waals surface area contributed by atoms with Gasteiger partial charge in [0.05, 0.1) is 0 Å². The summed E-state index contributed by atoms with van der Waals surface area (Å²) in [7, 11) is 0. The molecular formula is C50H96O6. The highest BCUT2D eigenvalue weighted by molar-refractivity contribution is 5.71. The van der Waals surface area contributed by atoms with Gasteiger partial charge in [0, 0.05) is 19.3 Å². The van der Waals surface area contributed by atoms with E-state index >= 15 is 0 Å². The summed E-state index contributed by atoms with van der Waals surface area (Å²) in [6.07, 6.45) is 45.1. The molecule has 0 aromatic heterocycles. The number of carbonyl (C=O) groups is 3. The summed E-state index contributed by atoms with van der Waals surface area (Å²) < 4.78 is 16.8. The van der Waals surface area contributed by atoms with Gasteiger partial charge in [0.1, 0.15) is 13.2 Å². The normalized spacial score (nSPS) is 11.9. The Balaban J connectivity index is 4.31. The molecule has 0 saturated heterocycles.